The summed E-state index contributed by atoms with van der Waals surface area (Å²) in [5.74, 6) is 1.03. The van der Waals surface area contributed by atoms with Crippen molar-refractivity contribution in [2.24, 2.45) is 17.6 Å². The molecule has 0 aromatic heterocycles. The van der Waals surface area contributed by atoms with Gasteiger partial charge in [-0.1, -0.05) is 19.9 Å². The van der Waals surface area contributed by atoms with Crippen molar-refractivity contribution in [1.29, 1.82) is 0 Å². The number of carbonyl (C=O) groups is 2. The lowest BCUT2D eigenvalue weighted by molar-refractivity contribution is -0.116. The smallest absolute Gasteiger partial charge is 0.253 e. The minimum absolute atomic E-state index is 0.00263. The zero-order valence-corrected chi connectivity index (χ0v) is 15.8. The highest BCUT2D eigenvalue weighted by atomic mass is 16.2. The van der Waals surface area contributed by atoms with E-state index in [0.29, 0.717) is 35.9 Å². The number of amides is 2. The van der Waals surface area contributed by atoms with Crippen molar-refractivity contribution in [2.75, 3.05) is 18.4 Å². The van der Waals surface area contributed by atoms with Crippen LogP contribution >= 0.6 is 0 Å². The molecule has 1 fully saturated rings. The quantitative estimate of drug-likeness (QED) is 0.860. The van der Waals surface area contributed by atoms with Gasteiger partial charge in [0.1, 0.15) is 0 Å². The van der Waals surface area contributed by atoms with E-state index in [-0.39, 0.29) is 17.9 Å². The van der Waals surface area contributed by atoms with Crippen LogP contribution in [0.15, 0.2) is 18.2 Å². The van der Waals surface area contributed by atoms with Crippen molar-refractivity contribution in [3.05, 3.63) is 29.3 Å². The molecule has 1 aliphatic rings. The first-order valence-electron chi connectivity index (χ1n) is 9.21. The van der Waals surface area contributed by atoms with E-state index in [4.69, 9.17) is 5.73 Å². The Morgan fingerprint density at radius 3 is 2.52 bits per heavy atom. The van der Waals surface area contributed by atoms with E-state index < -0.39 is 0 Å². The van der Waals surface area contributed by atoms with E-state index >= 15 is 0 Å². The van der Waals surface area contributed by atoms with Crippen molar-refractivity contribution in [2.45, 2.75) is 53.0 Å². The van der Waals surface area contributed by atoms with Gasteiger partial charge in [0.25, 0.3) is 5.91 Å². The average Bonchev–Trinajstić information content (AvgIpc) is 2.53. The molecule has 0 aliphatic carbocycles. The molecule has 2 amide bonds. The maximum Gasteiger partial charge on any atom is 0.253 e. The zero-order chi connectivity index (χ0) is 18.6. The molecule has 1 heterocycles. The molecule has 0 bridgehead atoms. The normalized spacial score (nSPS) is 21.7. The van der Waals surface area contributed by atoms with E-state index in [1.54, 1.807) is 6.07 Å². The van der Waals surface area contributed by atoms with Crippen LogP contribution in [0.25, 0.3) is 0 Å². The van der Waals surface area contributed by atoms with Gasteiger partial charge in [-0.2, -0.15) is 0 Å². The van der Waals surface area contributed by atoms with Gasteiger partial charge in [-0.05, 0) is 56.2 Å². The number of carbonyl (C=O) groups excluding carboxylic acids is 2. The van der Waals surface area contributed by atoms with Gasteiger partial charge in [0.15, 0.2) is 0 Å². The Labute approximate surface area is 151 Å². The second kappa shape index (κ2) is 8.48. The highest BCUT2D eigenvalue weighted by Crippen LogP contribution is 2.24. The van der Waals surface area contributed by atoms with Crippen molar-refractivity contribution in [3.63, 3.8) is 0 Å². The maximum absolute atomic E-state index is 12.9. The van der Waals surface area contributed by atoms with E-state index in [0.717, 1.165) is 18.7 Å². The van der Waals surface area contributed by atoms with Crippen molar-refractivity contribution in [3.8, 4) is 0 Å². The number of anilines is 1. The molecule has 5 nitrogen and oxygen atoms in total. The van der Waals surface area contributed by atoms with Crippen LogP contribution in [0.2, 0.25) is 0 Å². The van der Waals surface area contributed by atoms with Gasteiger partial charge in [0.2, 0.25) is 5.91 Å². The third kappa shape index (κ3) is 5.56. The third-order valence-corrected chi connectivity index (χ3v) is 4.74. The Morgan fingerprint density at radius 2 is 1.92 bits per heavy atom. The Hall–Kier alpha value is -1.88. The number of hydrogen-bond acceptors (Lipinski definition) is 3. The number of likely N-dealkylation sites (tertiary alicyclic amines) is 1. The summed E-state index contributed by atoms with van der Waals surface area (Å²) < 4.78 is 0. The topological polar surface area (TPSA) is 75.4 Å². The van der Waals surface area contributed by atoms with Crippen LogP contribution in [0.1, 0.15) is 56.0 Å². The van der Waals surface area contributed by atoms with Crippen LogP contribution in [0.5, 0.6) is 0 Å². The summed E-state index contributed by atoms with van der Waals surface area (Å²) in [4.78, 5) is 26.9. The van der Waals surface area contributed by atoms with Crippen molar-refractivity contribution < 1.29 is 9.59 Å². The molecule has 5 heteroatoms. The minimum atomic E-state index is -0.0646. The summed E-state index contributed by atoms with van der Waals surface area (Å²) in [6.45, 7) is 9.80. The van der Waals surface area contributed by atoms with Crippen LogP contribution in [-0.4, -0.2) is 35.8 Å². The van der Waals surface area contributed by atoms with Crippen LogP contribution < -0.4 is 11.1 Å². The number of nitrogens with two attached hydrogens (primary N) is 1. The Morgan fingerprint density at radius 1 is 1.28 bits per heavy atom. The standard InChI is InChI=1S/C20H31N3O2/c1-13-9-14(2)12-23(11-13)20(25)17-7-5-15(3)18(10-17)22-19(24)8-6-16(4)21/h5,7,10,13-14,16H,6,8-9,11-12,21H2,1-4H3,(H,22,24). The number of hydrogen-bond donors (Lipinski definition) is 2. The fourth-order valence-corrected chi connectivity index (χ4v) is 3.47. The van der Waals surface area contributed by atoms with Crippen LogP contribution in [-0.2, 0) is 4.79 Å². The van der Waals surface area contributed by atoms with Gasteiger partial charge in [-0.15, -0.1) is 0 Å². The van der Waals surface area contributed by atoms with Gasteiger partial charge in [-0.3, -0.25) is 9.59 Å². The average molecular weight is 345 g/mol. The second-order valence-electron chi connectivity index (χ2n) is 7.75. The lowest BCUT2D eigenvalue weighted by Crippen LogP contribution is -2.42. The summed E-state index contributed by atoms with van der Waals surface area (Å²) in [6.07, 6.45) is 2.20. The van der Waals surface area contributed by atoms with Gasteiger partial charge in [-0.25, -0.2) is 0 Å². The molecule has 1 saturated heterocycles. The summed E-state index contributed by atoms with van der Waals surface area (Å²) in [6, 6.07) is 5.54. The lowest BCUT2D eigenvalue weighted by atomic mass is 9.91. The second-order valence-corrected chi connectivity index (χ2v) is 7.75. The van der Waals surface area contributed by atoms with Gasteiger partial charge >= 0.3 is 0 Å². The fraction of sp³-hybridized carbons (Fsp3) is 0.600. The molecule has 1 aromatic carbocycles. The van der Waals surface area contributed by atoms with E-state index in [9.17, 15) is 9.59 Å². The highest BCUT2D eigenvalue weighted by molar-refractivity contribution is 5.97. The Kier molecular flexibility index (Phi) is 6.59. The summed E-state index contributed by atoms with van der Waals surface area (Å²) in [7, 11) is 0. The van der Waals surface area contributed by atoms with Crippen LogP contribution in [0, 0.1) is 18.8 Å². The van der Waals surface area contributed by atoms with Gasteiger partial charge < -0.3 is 16.0 Å². The molecule has 0 spiro atoms. The van der Waals surface area contributed by atoms with E-state index in [1.165, 1.54) is 6.42 Å². The number of piperidine rings is 1. The van der Waals surface area contributed by atoms with Crippen molar-refractivity contribution >= 4 is 17.5 Å². The molecule has 0 radical (unpaired) electrons. The molecule has 3 unspecified atom stereocenters. The summed E-state index contributed by atoms with van der Waals surface area (Å²) in [5.41, 5.74) is 7.99. The molecule has 25 heavy (non-hydrogen) atoms. The predicted molar refractivity (Wildman–Crippen MR) is 102 cm³/mol. The van der Waals surface area contributed by atoms with Crippen molar-refractivity contribution in [1.82, 2.24) is 4.90 Å². The molecular formula is C20H31N3O2. The van der Waals surface area contributed by atoms with E-state index in [1.807, 2.05) is 30.9 Å². The van der Waals surface area contributed by atoms with E-state index in [2.05, 4.69) is 19.2 Å². The first-order valence-corrected chi connectivity index (χ1v) is 9.21. The molecule has 2 rings (SSSR count). The number of benzene rings is 1. The fourth-order valence-electron chi connectivity index (χ4n) is 3.47. The molecule has 138 valence electrons. The minimum Gasteiger partial charge on any atom is -0.338 e. The summed E-state index contributed by atoms with van der Waals surface area (Å²) in [5, 5.41) is 2.92. The summed E-state index contributed by atoms with van der Waals surface area (Å²) >= 11 is 0. The van der Waals surface area contributed by atoms with Crippen LogP contribution in [0.3, 0.4) is 0 Å². The highest BCUT2D eigenvalue weighted by Gasteiger charge is 2.26. The number of nitrogens with one attached hydrogen (secondary N) is 1. The lowest BCUT2D eigenvalue weighted by Gasteiger charge is -2.35. The molecule has 1 aliphatic heterocycles. The van der Waals surface area contributed by atoms with Gasteiger partial charge in [0, 0.05) is 36.8 Å². The Bertz CT molecular complexity index is 617. The third-order valence-electron chi connectivity index (χ3n) is 4.74. The van der Waals surface area contributed by atoms with Gasteiger partial charge in [0.05, 0.1) is 0 Å². The predicted octanol–water partition coefficient (Wildman–Crippen LogP) is 3.18. The maximum atomic E-state index is 12.9. The SMILES string of the molecule is Cc1ccc(C(=O)N2CC(C)CC(C)C2)cc1NC(=O)CCC(C)N. The first kappa shape index (κ1) is 19.4. The van der Waals surface area contributed by atoms with Crippen LogP contribution in [0.4, 0.5) is 5.69 Å². The molecule has 1 aromatic rings. The largest absolute Gasteiger partial charge is 0.338 e. The molecule has 0 saturated carbocycles. The zero-order valence-electron chi connectivity index (χ0n) is 15.8. The molecular weight excluding hydrogens is 314 g/mol. The molecule has 3 N–H and O–H groups in total. The Balaban J connectivity index is 2.09. The monoisotopic (exact) mass is 345 g/mol. The number of aryl methyl sites for hydroxylation is 1. The number of nitrogens with zero attached hydrogens (tertiary/aromatic N) is 1. The first-order chi connectivity index (χ1) is 11.8. The number of rotatable bonds is 5. The molecule has 3 atom stereocenters.